The van der Waals surface area contributed by atoms with Gasteiger partial charge in [-0.05, 0) is 45.6 Å². The molecule has 0 N–H and O–H groups in total. The van der Waals surface area contributed by atoms with Crippen molar-refractivity contribution in [3.05, 3.63) is 58.5 Å². The van der Waals surface area contributed by atoms with E-state index >= 15 is 0 Å². The molecule has 1 fully saturated rings. The molecule has 2 aromatic heterocycles. The number of likely N-dealkylation sites (tertiary alicyclic amines) is 1. The molecule has 0 radical (unpaired) electrons. The zero-order chi connectivity index (χ0) is 21.3. The van der Waals surface area contributed by atoms with Crippen molar-refractivity contribution in [3.63, 3.8) is 0 Å². The molecule has 158 valence electrons. The number of aryl methyl sites for hydroxylation is 2. The largest absolute Gasteiger partial charge is 0.342 e. The van der Waals surface area contributed by atoms with Gasteiger partial charge in [0.15, 0.2) is 0 Å². The first kappa shape index (κ1) is 20.3. The van der Waals surface area contributed by atoms with Gasteiger partial charge < -0.3 is 9.47 Å². The second-order valence-electron chi connectivity index (χ2n) is 8.17. The summed E-state index contributed by atoms with van der Waals surface area (Å²) in [5.74, 6) is 1.29. The molecule has 3 aromatic rings. The van der Waals surface area contributed by atoms with Gasteiger partial charge in [0.25, 0.3) is 5.56 Å². The van der Waals surface area contributed by atoms with Crippen LogP contribution < -0.4 is 5.56 Å². The summed E-state index contributed by atoms with van der Waals surface area (Å²) in [5.41, 5.74) is 0.584. The number of fused-ring (bicyclic) bond motifs is 1. The van der Waals surface area contributed by atoms with Crippen LogP contribution >= 0.6 is 0 Å². The number of carbonyl (C=O) groups is 1. The third-order valence-corrected chi connectivity index (χ3v) is 6.28. The van der Waals surface area contributed by atoms with Crippen LogP contribution in [0.1, 0.15) is 44.1 Å². The Kier molecular flexibility index (Phi) is 5.70. The van der Waals surface area contributed by atoms with Crippen molar-refractivity contribution in [1.82, 2.24) is 24.2 Å². The maximum Gasteiger partial charge on any atom is 0.274 e. The number of carbonyl (C=O) groups excluding carboxylic acids is 1. The van der Waals surface area contributed by atoms with E-state index in [1.54, 1.807) is 0 Å². The number of benzene rings is 1. The molecule has 0 spiro atoms. The fourth-order valence-electron chi connectivity index (χ4n) is 4.40. The Morgan fingerprint density at radius 1 is 1.20 bits per heavy atom. The topological polar surface area (TPSA) is 73.0 Å². The summed E-state index contributed by atoms with van der Waals surface area (Å²) in [6, 6.07) is 7.45. The van der Waals surface area contributed by atoms with Crippen molar-refractivity contribution >= 4 is 16.7 Å². The summed E-state index contributed by atoms with van der Waals surface area (Å²) >= 11 is 0. The van der Waals surface area contributed by atoms with Crippen LogP contribution in [0.5, 0.6) is 0 Å². The van der Waals surface area contributed by atoms with Crippen molar-refractivity contribution < 1.29 is 4.79 Å². The molecule has 1 aliphatic rings. The van der Waals surface area contributed by atoms with Crippen LogP contribution in [-0.2, 0) is 17.9 Å². The molecule has 1 unspecified atom stereocenters. The SMILES string of the molecule is CCn1nc(C(C)C(=O)N2CCC(Cn3ccnc3C)CC2)c2ccccc2c1=O. The highest BCUT2D eigenvalue weighted by Crippen LogP contribution is 2.26. The number of aromatic nitrogens is 4. The average molecular weight is 408 g/mol. The van der Waals surface area contributed by atoms with Crippen LogP contribution in [-0.4, -0.2) is 43.2 Å². The zero-order valence-electron chi connectivity index (χ0n) is 17.9. The first-order valence-electron chi connectivity index (χ1n) is 10.8. The van der Waals surface area contributed by atoms with Gasteiger partial charge in [0, 0.05) is 44.0 Å². The Bertz CT molecular complexity index is 1110. The van der Waals surface area contributed by atoms with Crippen molar-refractivity contribution in [2.24, 2.45) is 5.92 Å². The lowest BCUT2D eigenvalue weighted by atomic mass is 9.94. The molecule has 0 saturated carbocycles. The molecule has 1 saturated heterocycles. The van der Waals surface area contributed by atoms with Crippen molar-refractivity contribution in [2.75, 3.05) is 13.1 Å². The van der Waals surface area contributed by atoms with Crippen LogP contribution in [0, 0.1) is 12.8 Å². The third-order valence-electron chi connectivity index (χ3n) is 6.28. The van der Waals surface area contributed by atoms with E-state index in [-0.39, 0.29) is 17.4 Å². The fourth-order valence-corrected chi connectivity index (χ4v) is 4.40. The monoisotopic (exact) mass is 407 g/mol. The number of amides is 1. The van der Waals surface area contributed by atoms with Crippen LogP contribution in [0.3, 0.4) is 0 Å². The molecule has 30 heavy (non-hydrogen) atoms. The Balaban J connectivity index is 1.50. The second kappa shape index (κ2) is 8.42. The summed E-state index contributed by atoms with van der Waals surface area (Å²) < 4.78 is 3.65. The Morgan fingerprint density at radius 2 is 1.90 bits per heavy atom. The lowest BCUT2D eigenvalue weighted by molar-refractivity contribution is -0.134. The summed E-state index contributed by atoms with van der Waals surface area (Å²) in [7, 11) is 0. The highest BCUT2D eigenvalue weighted by atomic mass is 16.2. The second-order valence-corrected chi connectivity index (χ2v) is 8.17. The van der Waals surface area contributed by atoms with Crippen LogP contribution in [0.2, 0.25) is 0 Å². The first-order chi connectivity index (χ1) is 14.5. The van der Waals surface area contributed by atoms with E-state index in [1.165, 1.54) is 4.68 Å². The molecule has 0 aliphatic carbocycles. The minimum atomic E-state index is -0.388. The number of hydrogen-bond acceptors (Lipinski definition) is 4. The van der Waals surface area contributed by atoms with Gasteiger partial charge in [0.1, 0.15) is 5.82 Å². The normalized spacial score (nSPS) is 16.2. The minimum absolute atomic E-state index is 0.0891. The van der Waals surface area contributed by atoms with E-state index in [0.29, 0.717) is 23.5 Å². The predicted octanol–water partition coefficient (Wildman–Crippen LogP) is 2.96. The molecule has 0 bridgehead atoms. The zero-order valence-corrected chi connectivity index (χ0v) is 17.9. The van der Waals surface area contributed by atoms with Crippen LogP contribution in [0.15, 0.2) is 41.5 Å². The van der Waals surface area contributed by atoms with Gasteiger partial charge in [-0.3, -0.25) is 9.59 Å². The molecule has 1 amide bonds. The van der Waals surface area contributed by atoms with Gasteiger partial charge in [-0.1, -0.05) is 18.2 Å². The number of nitrogens with zero attached hydrogens (tertiary/aromatic N) is 5. The maximum atomic E-state index is 13.3. The van der Waals surface area contributed by atoms with E-state index < -0.39 is 0 Å². The molecule has 7 heteroatoms. The Morgan fingerprint density at radius 3 is 2.53 bits per heavy atom. The summed E-state index contributed by atoms with van der Waals surface area (Å²) in [6.45, 7) is 8.77. The van der Waals surface area contributed by atoms with Gasteiger partial charge in [-0.25, -0.2) is 9.67 Å². The standard InChI is InChI=1S/C23H29N5O2/c1-4-28-23(30)20-8-6-5-7-19(20)21(25-28)16(2)22(29)26-12-9-18(10-13-26)15-27-14-11-24-17(27)3/h5-8,11,14,16,18H,4,9-10,12-13,15H2,1-3H3. The number of imidazole rings is 1. The molecule has 3 heterocycles. The van der Waals surface area contributed by atoms with E-state index in [0.717, 1.165) is 43.7 Å². The minimum Gasteiger partial charge on any atom is -0.342 e. The number of rotatable bonds is 5. The van der Waals surface area contributed by atoms with Gasteiger partial charge >= 0.3 is 0 Å². The lowest BCUT2D eigenvalue weighted by Crippen LogP contribution is -2.41. The molecule has 4 rings (SSSR count). The quantitative estimate of drug-likeness (QED) is 0.652. The van der Waals surface area contributed by atoms with E-state index in [1.807, 2.05) is 62.3 Å². The number of hydrogen-bond donors (Lipinski definition) is 0. The highest BCUT2D eigenvalue weighted by Gasteiger charge is 2.29. The van der Waals surface area contributed by atoms with E-state index in [4.69, 9.17) is 0 Å². The molecular weight excluding hydrogens is 378 g/mol. The fraction of sp³-hybridized carbons (Fsp3) is 0.478. The summed E-state index contributed by atoms with van der Waals surface area (Å²) in [6.07, 6.45) is 5.83. The van der Waals surface area contributed by atoms with Gasteiger partial charge in [0.2, 0.25) is 5.91 Å². The van der Waals surface area contributed by atoms with Crippen molar-refractivity contribution in [2.45, 2.75) is 52.6 Å². The smallest absolute Gasteiger partial charge is 0.274 e. The average Bonchev–Trinajstić information content (AvgIpc) is 3.18. The predicted molar refractivity (Wildman–Crippen MR) is 116 cm³/mol. The molecule has 7 nitrogen and oxygen atoms in total. The molecule has 1 aliphatic heterocycles. The van der Waals surface area contributed by atoms with Crippen molar-refractivity contribution in [3.8, 4) is 0 Å². The van der Waals surface area contributed by atoms with E-state index in [9.17, 15) is 9.59 Å². The van der Waals surface area contributed by atoms with E-state index in [2.05, 4.69) is 14.6 Å². The third kappa shape index (κ3) is 3.76. The number of piperidine rings is 1. The summed E-state index contributed by atoms with van der Waals surface area (Å²) in [4.78, 5) is 32.1. The van der Waals surface area contributed by atoms with Gasteiger partial charge in [-0.15, -0.1) is 0 Å². The highest BCUT2D eigenvalue weighted by molar-refractivity contribution is 5.91. The Labute approximate surface area is 176 Å². The van der Waals surface area contributed by atoms with Crippen molar-refractivity contribution in [1.29, 1.82) is 0 Å². The Hall–Kier alpha value is -2.96. The van der Waals surface area contributed by atoms with Crippen LogP contribution in [0.25, 0.3) is 10.8 Å². The summed E-state index contributed by atoms with van der Waals surface area (Å²) in [5, 5.41) is 5.96. The van der Waals surface area contributed by atoms with Gasteiger partial charge in [0.05, 0.1) is 17.0 Å². The molecule has 1 atom stereocenters. The maximum absolute atomic E-state index is 13.3. The first-order valence-corrected chi connectivity index (χ1v) is 10.8. The molecule has 1 aromatic carbocycles. The van der Waals surface area contributed by atoms with Crippen LogP contribution in [0.4, 0.5) is 0 Å². The van der Waals surface area contributed by atoms with Gasteiger partial charge in [-0.2, -0.15) is 5.10 Å². The lowest BCUT2D eigenvalue weighted by Gasteiger charge is -2.34. The molecular formula is C23H29N5O2.